The SMILES string of the molecule is O=[N+]([O-])c1c(Nc2ccc3c(c2)OCCO3)ncnc1Oc1ccc2ccccc2c1. The Balaban J connectivity index is 1.47. The van der Waals surface area contributed by atoms with Gasteiger partial charge in [0, 0.05) is 11.8 Å². The topological polar surface area (TPSA) is 109 Å². The number of hydrogen-bond acceptors (Lipinski definition) is 8. The predicted octanol–water partition coefficient (Wildman–Crippen LogP) is 4.85. The lowest BCUT2D eigenvalue weighted by Gasteiger charge is -2.19. The van der Waals surface area contributed by atoms with Crippen molar-refractivity contribution in [1.29, 1.82) is 0 Å². The molecule has 9 heteroatoms. The highest BCUT2D eigenvalue weighted by Crippen LogP contribution is 2.38. The van der Waals surface area contributed by atoms with Gasteiger partial charge in [0.15, 0.2) is 11.5 Å². The van der Waals surface area contributed by atoms with Crippen molar-refractivity contribution < 1.29 is 19.1 Å². The van der Waals surface area contributed by atoms with Crippen LogP contribution in [-0.4, -0.2) is 28.1 Å². The number of ether oxygens (including phenoxy) is 3. The van der Waals surface area contributed by atoms with E-state index in [0.717, 1.165) is 10.8 Å². The molecule has 0 amide bonds. The van der Waals surface area contributed by atoms with Gasteiger partial charge in [0.2, 0.25) is 5.82 Å². The van der Waals surface area contributed by atoms with Crippen LogP contribution in [0.1, 0.15) is 0 Å². The van der Waals surface area contributed by atoms with Gasteiger partial charge in [0.25, 0.3) is 0 Å². The van der Waals surface area contributed by atoms with Crippen LogP contribution in [-0.2, 0) is 0 Å². The van der Waals surface area contributed by atoms with Crippen molar-refractivity contribution in [2.45, 2.75) is 0 Å². The third kappa shape index (κ3) is 3.76. The van der Waals surface area contributed by atoms with Crippen LogP contribution < -0.4 is 19.5 Å². The number of fused-ring (bicyclic) bond motifs is 2. The number of anilines is 2. The number of benzene rings is 3. The maximum atomic E-state index is 11.8. The zero-order valence-corrected chi connectivity index (χ0v) is 16.1. The van der Waals surface area contributed by atoms with Crippen LogP contribution in [0.5, 0.6) is 23.1 Å². The van der Waals surface area contributed by atoms with E-state index >= 15 is 0 Å². The standard InChI is InChI=1S/C22H16N4O5/c27-26(28)20-21(25-16-6-8-18-19(12-16)30-10-9-29-18)23-13-24-22(20)31-17-7-5-14-3-1-2-4-15(14)11-17/h1-8,11-13H,9-10H2,(H,23,24,25). The smallest absolute Gasteiger partial charge is 0.373 e. The molecule has 31 heavy (non-hydrogen) atoms. The van der Waals surface area contributed by atoms with E-state index in [2.05, 4.69) is 15.3 Å². The molecule has 9 nitrogen and oxygen atoms in total. The molecule has 0 fully saturated rings. The molecule has 1 N–H and O–H groups in total. The maximum absolute atomic E-state index is 11.8. The van der Waals surface area contributed by atoms with E-state index in [4.69, 9.17) is 14.2 Å². The molecule has 0 saturated carbocycles. The number of hydrogen-bond donors (Lipinski definition) is 1. The summed E-state index contributed by atoms with van der Waals surface area (Å²) in [6.07, 6.45) is 1.21. The highest BCUT2D eigenvalue weighted by molar-refractivity contribution is 5.84. The molecule has 0 aliphatic carbocycles. The van der Waals surface area contributed by atoms with Crippen LogP contribution in [0.2, 0.25) is 0 Å². The molecular weight excluding hydrogens is 400 g/mol. The Labute approximate surface area is 176 Å². The van der Waals surface area contributed by atoms with Gasteiger partial charge in [-0.15, -0.1) is 0 Å². The summed E-state index contributed by atoms with van der Waals surface area (Å²) in [7, 11) is 0. The largest absolute Gasteiger partial charge is 0.486 e. The molecule has 0 unspecified atom stereocenters. The first-order valence-electron chi connectivity index (χ1n) is 9.50. The second-order valence-corrected chi connectivity index (χ2v) is 6.73. The molecule has 4 aromatic rings. The quantitative estimate of drug-likeness (QED) is 0.363. The van der Waals surface area contributed by atoms with Crippen molar-refractivity contribution in [1.82, 2.24) is 9.97 Å². The fourth-order valence-electron chi connectivity index (χ4n) is 3.29. The molecule has 1 aliphatic rings. The number of aromatic nitrogens is 2. The van der Waals surface area contributed by atoms with E-state index in [9.17, 15) is 10.1 Å². The third-order valence-corrected chi connectivity index (χ3v) is 4.71. The van der Waals surface area contributed by atoms with Crippen molar-refractivity contribution in [2.75, 3.05) is 18.5 Å². The fraction of sp³-hybridized carbons (Fsp3) is 0.0909. The van der Waals surface area contributed by atoms with Gasteiger partial charge in [-0.3, -0.25) is 10.1 Å². The number of rotatable bonds is 5. The van der Waals surface area contributed by atoms with Crippen molar-refractivity contribution in [3.63, 3.8) is 0 Å². The molecule has 0 spiro atoms. The lowest BCUT2D eigenvalue weighted by atomic mass is 10.1. The monoisotopic (exact) mass is 416 g/mol. The van der Waals surface area contributed by atoms with E-state index in [0.29, 0.717) is 36.1 Å². The highest BCUT2D eigenvalue weighted by Gasteiger charge is 2.26. The number of nitrogens with one attached hydrogen (secondary N) is 1. The summed E-state index contributed by atoms with van der Waals surface area (Å²) in [6.45, 7) is 0.917. The minimum Gasteiger partial charge on any atom is -0.486 e. The Kier molecular flexibility index (Phi) is 4.68. The van der Waals surface area contributed by atoms with Crippen molar-refractivity contribution >= 4 is 28.0 Å². The molecule has 0 saturated heterocycles. The second kappa shape index (κ2) is 7.79. The van der Waals surface area contributed by atoms with E-state index < -0.39 is 4.92 Å². The van der Waals surface area contributed by atoms with Crippen molar-refractivity contribution in [2.24, 2.45) is 0 Å². The molecule has 154 valence electrons. The van der Waals surface area contributed by atoms with Crippen LogP contribution in [0.15, 0.2) is 67.0 Å². The summed E-state index contributed by atoms with van der Waals surface area (Å²) in [5.41, 5.74) is 0.188. The Hall–Kier alpha value is -4.40. The molecule has 3 aromatic carbocycles. The minimum absolute atomic E-state index is 0.00691. The zero-order chi connectivity index (χ0) is 21.2. The van der Waals surface area contributed by atoms with E-state index in [-0.39, 0.29) is 17.4 Å². The molecule has 0 bridgehead atoms. The lowest BCUT2D eigenvalue weighted by molar-refractivity contribution is -0.385. The Morgan fingerprint density at radius 1 is 0.935 bits per heavy atom. The van der Waals surface area contributed by atoms with Gasteiger partial charge in [-0.25, -0.2) is 4.98 Å². The lowest BCUT2D eigenvalue weighted by Crippen LogP contribution is -2.15. The van der Waals surface area contributed by atoms with E-state index in [1.54, 1.807) is 30.3 Å². The van der Waals surface area contributed by atoms with Gasteiger partial charge in [0.1, 0.15) is 25.3 Å². The molecule has 0 atom stereocenters. The molecule has 1 aliphatic heterocycles. The number of nitro groups is 1. The van der Waals surface area contributed by atoms with Crippen molar-refractivity contribution in [3.8, 4) is 23.1 Å². The molecular formula is C22H16N4O5. The summed E-state index contributed by atoms with van der Waals surface area (Å²) in [6, 6.07) is 18.3. The van der Waals surface area contributed by atoms with Gasteiger partial charge < -0.3 is 19.5 Å². The van der Waals surface area contributed by atoms with Crippen LogP contribution in [0.4, 0.5) is 17.2 Å². The van der Waals surface area contributed by atoms with E-state index in [1.165, 1.54) is 6.33 Å². The third-order valence-electron chi connectivity index (χ3n) is 4.71. The summed E-state index contributed by atoms with van der Waals surface area (Å²) in [5, 5.41) is 16.8. The van der Waals surface area contributed by atoms with E-state index in [1.807, 2.05) is 30.3 Å². The fourth-order valence-corrected chi connectivity index (χ4v) is 3.29. The Morgan fingerprint density at radius 3 is 2.58 bits per heavy atom. The zero-order valence-electron chi connectivity index (χ0n) is 16.1. The summed E-state index contributed by atoms with van der Waals surface area (Å²) in [4.78, 5) is 19.3. The van der Waals surface area contributed by atoms with Gasteiger partial charge in [-0.1, -0.05) is 30.3 Å². The Bertz CT molecular complexity index is 1290. The summed E-state index contributed by atoms with van der Waals surface area (Å²) in [5.74, 6) is 1.46. The van der Waals surface area contributed by atoms with Crippen molar-refractivity contribution in [3.05, 3.63) is 77.1 Å². The molecule has 2 heterocycles. The Morgan fingerprint density at radius 2 is 1.74 bits per heavy atom. The first-order valence-corrected chi connectivity index (χ1v) is 9.50. The average Bonchev–Trinajstić information content (AvgIpc) is 2.79. The van der Waals surface area contributed by atoms with Gasteiger partial charge >= 0.3 is 11.6 Å². The molecule has 1 aromatic heterocycles. The first-order chi connectivity index (χ1) is 15.2. The van der Waals surface area contributed by atoms with Crippen LogP contribution in [0.3, 0.4) is 0 Å². The van der Waals surface area contributed by atoms with Crippen LogP contribution >= 0.6 is 0 Å². The maximum Gasteiger partial charge on any atom is 0.373 e. The highest BCUT2D eigenvalue weighted by atomic mass is 16.6. The second-order valence-electron chi connectivity index (χ2n) is 6.73. The van der Waals surface area contributed by atoms with Gasteiger partial charge in [0.05, 0.1) is 4.92 Å². The average molecular weight is 416 g/mol. The van der Waals surface area contributed by atoms with Gasteiger partial charge in [-0.05, 0) is 35.0 Å². The van der Waals surface area contributed by atoms with Gasteiger partial charge in [-0.2, -0.15) is 4.98 Å². The molecule has 5 rings (SSSR count). The first kappa shape index (κ1) is 18.6. The minimum atomic E-state index is -0.573. The molecule has 0 radical (unpaired) electrons. The summed E-state index contributed by atoms with van der Waals surface area (Å²) >= 11 is 0. The number of nitrogens with zero attached hydrogens (tertiary/aromatic N) is 3. The van der Waals surface area contributed by atoms with Crippen LogP contribution in [0, 0.1) is 10.1 Å². The van der Waals surface area contributed by atoms with Crippen LogP contribution in [0.25, 0.3) is 10.8 Å². The summed E-state index contributed by atoms with van der Waals surface area (Å²) < 4.78 is 16.8. The predicted molar refractivity (Wildman–Crippen MR) is 113 cm³/mol. The normalized spacial score (nSPS) is 12.4.